The number of nitrogens with one attached hydrogen (secondary N) is 1. The van der Waals surface area contributed by atoms with Crippen molar-refractivity contribution in [2.24, 2.45) is 4.99 Å². The highest BCUT2D eigenvalue weighted by Gasteiger charge is 2.35. The predicted octanol–water partition coefficient (Wildman–Crippen LogP) is 1.31. The Morgan fingerprint density at radius 2 is 1.95 bits per heavy atom. The zero-order valence-corrected chi connectivity index (χ0v) is 12.5. The molecule has 2 amide bonds. The van der Waals surface area contributed by atoms with Crippen molar-refractivity contribution >= 4 is 40.0 Å². The molecule has 0 radical (unpaired) electrons. The zero-order valence-electron chi connectivity index (χ0n) is 11.7. The van der Waals surface area contributed by atoms with Gasteiger partial charge in [0.05, 0.1) is 23.7 Å². The number of thioether (sulfide) groups is 1. The topological polar surface area (TPSA) is 71.0 Å². The SMILES string of the molecule is O=C1N=C(N2CCOCC2)SC1=C1C(=O)Nc2ccccc21. The Balaban J connectivity index is 1.69. The molecule has 1 aromatic rings. The lowest BCUT2D eigenvalue weighted by molar-refractivity contribution is -0.114. The second-order valence-corrected chi connectivity index (χ2v) is 6.08. The molecule has 112 valence electrons. The number of carbonyl (C=O) groups is 2. The van der Waals surface area contributed by atoms with Gasteiger partial charge in [-0.15, -0.1) is 0 Å². The minimum Gasteiger partial charge on any atom is -0.378 e. The molecule has 0 atom stereocenters. The van der Waals surface area contributed by atoms with Gasteiger partial charge in [0.2, 0.25) is 0 Å². The largest absolute Gasteiger partial charge is 0.378 e. The van der Waals surface area contributed by atoms with Crippen LogP contribution in [-0.2, 0) is 14.3 Å². The number of morpholine rings is 1. The molecule has 0 spiro atoms. The molecule has 3 heterocycles. The summed E-state index contributed by atoms with van der Waals surface area (Å²) >= 11 is 1.28. The minimum atomic E-state index is -0.339. The van der Waals surface area contributed by atoms with Crippen molar-refractivity contribution in [1.82, 2.24) is 4.90 Å². The molecule has 22 heavy (non-hydrogen) atoms. The zero-order chi connectivity index (χ0) is 15.1. The molecule has 1 fully saturated rings. The van der Waals surface area contributed by atoms with Crippen molar-refractivity contribution in [1.29, 1.82) is 0 Å². The molecule has 0 bridgehead atoms. The average molecular weight is 315 g/mol. The Kier molecular flexibility index (Phi) is 3.24. The third kappa shape index (κ3) is 2.13. The summed E-state index contributed by atoms with van der Waals surface area (Å²) in [6.07, 6.45) is 0. The van der Waals surface area contributed by atoms with E-state index >= 15 is 0 Å². The second-order valence-electron chi connectivity index (χ2n) is 5.10. The maximum atomic E-state index is 12.3. The van der Waals surface area contributed by atoms with Crippen LogP contribution in [0.25, 0.3) is 5.57 Å². The molecule has 1 aromatic carbocycles. The van der Waals surface area contributed by atoms with Gasteiger partial charge in [0.25, 0.3) is 11.8 Å². The quantitative estimate of drug-likeness (QED) is 0.731. The Bertz CT molecular complexity index is 735. The van der Waals surface area contributed by atoms with E-state index in [1.165, 1.54) is 11.8 Å². The number of aliphatic imine (C=N–C) groups is 1. The van der Waals surface area contributed by atoms with E-state index < -0.39 is 0 Å². The van der Waals surface area contributed by atoms with Crippen LogP contribution in [0, 0.1) is 0 Å². The van der Waals surface area contributed by atoms with Gasteiger partial charge >= 0.3 is 0 Å². The van der Waals surface area contributed by atoms with E-state index in [1.54, 1.807) is 0 Å². The number of amidine groups is 1. The lowest BCUT2D eigenvalue weighted by Crippen LogP contribution is -2.38. The van der Waals surface area contributed by atoms with Crippen molar-refractivity contribution in [3.8, 4) is 0 Å². The Morgan fingerprint density at radius 3 is 2.77 bits per heavy atom. The monoisotopic (exact) mass is 315 g/mol. The fraction of sp³-hybridized carbons (Fsp3) is 0.267. The molecule has 3 aliphatic rings. The fourth-order valence-corrected chi connectivity index (χ4v) is 3.75. The average Bonchev–Trinajstić information content (AvgIpc) is 3.07. The van der Waals surface area contributed by atoms with E-state index in [1.807, 2.05) is 29.2 Å². The first-order chi connectivity index (χ1) is 10.7. The van der Waals surface area contributed by atoms with Gasteiger partial charge < -0.3 is 15.0 Å². The van der Waals surface area contributed by atoms with Crippen molar-refractivity contribution in [3.63, 3.8) is 0 Å². The van der Waals surface area contributed by atoms with Gasteiger partial charge in [0.15, 0.2) is 5.17 Å². The van der Waals surface area contributed by atoms with E-state index in [9.17, 15) is 9.59 Å². The van der Waals surface area contributed by atoms with Crippen LogP contribution < -0.4 is 5.32 Å². The molecular formula is C15H13N3O3S. The molecule has 1 N–H and O–H groups in total. The highest BCUT2D eigenvalue weighted by molar-refractivity contribution is 8.18. The van der Waals surface area contributed by atoms with Crippen LogP contribution in [0.1, 0.15) is 5.56 Å². The number of ether oxygens (including phenoxy) is 1. The van der Waals surface area contributed by atoms with Crippen molar-refractivity contribution in [3.05, 3.63) is 34.7 Å². The van der Waals surface area contributed by atoms with Crippen LogP contribution in [0.3, 0.4) is 0 Å². The number of amides is 2. The summed E-state index contributed by atoms with van der Waals surface area (Å²) in [6.45, 7) is 2.68. The van der Waals surface area contributed by atoms with Crippen molar-refractivity contribution in [2.75, 3.05) is 31.6 Å². The summed E-state index contributed by atoms with van der Waals surface area (Å²) in [5, 5.41) is 3.45. The van der Waals surface area contributed by atoms with Crippen LogP contribution in [-0.4, -0.2) is 48.2 Å². The van der Waals surface area contributed by atoms with Gasteiger partial charge in [-0.2, -0.15) is 4.99 Å². The molecule has 0 unspecified atom stereocenters. The third-order valence-corrected chi connectivity index (χ3v) is 4.88. The number of hydrogen-bond acceptors (Lipinski definition) is 5. The summed E-state index contributed by atoms with van der Waals surface area (Å²) < 4.78 is 5.31. The van der Waals surface area contributed by atoms with Crippen LogP contribution in [0.4, 0.5) is 5.69 Å². The van der Waals surface area contributed by atoms with Gasteiger partial charge in [-0.05, 0) is 17.8 Å². The van der Waals surface area contributed by atoms with E-state index in [-0.39, 0.29) is 11.8 Å². The molecule has 1 saturated heterocycles. The van der Waals surface area contributed by atoms with E-state index in [4.69, 9.17) is 4.74 Å². The number of nitrogens with zero attached hydrogens (tertiary/aromatic N) is 2. The van der Waals surface area contributed by atoms with Gasteiger partial charge in [0.1, 0.15) is 0 Å². The molecule has 3 aliphatic heterocycles. The van der Waals surface area contributed by atoms with E-state index in [0.717, 1.165) is 11.3 Å². The maximum absolute atomic E-state index is 12.3. The first-order valence-electron chi connectivity index (χ1n) is 7.02. The first-order valence-corrected chi connectivity index (χ1v) is 7.84. The molecule has 0 aromatic heterocycles. The Labute approximate surface area is 131 Å². The van der Waals surface area contributed by atoms with Gasteiger partial charge in [-0.1, -0.05) is 18.2 Å². The van der Waals surface area contributed by atoms with Gasteiger partial charge in [0, 0.05) is 24.3 Å². The van der Waals surface area contributed by atoms with E-state index in [0.29, 0.717) is 41.9 Å². The highest BCUT2D eigenvalue weighted by Crippen LogP contribution is 2.40. The van der Waals surface area contributed by atoms with Crippen molar-refractivity contribution < 1.29 is 14.3 Å². The molecule has 6 nitrogen and oxygen atoms in total. The standard InChI is InChI=1S/C15H13N3O3S/c19-13-11(9-3-1-2-4-10(9)16-13)12-14(20)17-15(22-12)18-5-7-21-8-6-18/h1-4H,5-8H2,(H,16,19). The van der Waals surface area contributed by atoms with Crippen LogP contribution in [0.5, 0.6) is 0 Å². The summed E-state index contributed by atoms with van der Waals surface area (Å²) in [5.74, 6) is -0.580. The van der Waals surface area contributed by atoms with Crippen molar-refractivity contribution in [2.45, 2.75) is 0 Å². The van der Waals surface area contributed by atoms with Gasteiger partial charge in [-0.3, -0.25) is 9.59 Å². The number of fused-ring (bicyclic) bond motifs is 1. The number of benzene rings is 1. The molecule has 4 rings (SSSR count). The smallest absolute Gasteiger partial charge is 0.287 e. The number of para-hydroxylation sites is 1. The summed E-state index contributed by atoms with van der Waals surface area (Å²) in [6, 6.07) is 7.38. The van der Waals surface area contributed by atoms with Crippen LogP contribution >= 0.6 is 11.8 Å². The normalized spacial score (nSPS) is 24.4. The highest BCUT2D eigenvalue weighted by atomic mass is 32.2. The summed E-state index contributed by atoms with van der Waals surface area (Å²) in [5.41, 5.74) is 1.93. The number of rotatable bonds is 0. The molecular weight excluding hydrogens is 302 g/mol. The number of hydrogen-bond donors (Lipinski definition) is 1. The fourth-order valence-electron chi connectivity index (χ4n) is 2.69. The second kappa shape index (κ2) is 5.26. The number of anilines is 1. The van der Waals surface area contributed by atoms with Crippen LogP contribution in [0.15, 0.2) is 34.2 Å². The lowest BCUT2D eigenvalue weighted by atomic mass is 10.1. The third-order valence-electron chi connectivity index (χ3n) is 3.77. The predicted molar refractivity (Wildman–Crippen MR) is 84.4 cm³/mol. The van der Waals surface area contributed by atoms with Gasteiger partial charge in [-0.25, -0.2) is 0 Å². The van der Waals surface area contributed by atoms with E-state index in [2.05, 4.69) is 10.3 Å². The Morgan fingerprint density at radius 1 is 1.18 bits per heavy atom. The summed E-state index contributed by atoms with van der Waals surface area (Å²) in [4.78, 5) is 31.0. The Hall–Kier alpha value is -2.12. The molecule has 0 aliphatic carbocycles. The molecule has 0 saturated carbocycles. The summed E-state index contributed by atoms with van der Waals surface area (Å²) in [7, 11) is 0. The minimum absolute atomic E-state index is 0.240. The van der Waals surface area contributed by atoms with Crippen LogP contribution in [0.2, 0.25) is 0 Å². The first kappa shape index (κ1) is 13.5. The maximum Gasteiger partial charge on any atom is 0.287 e. The lowest BCUT2D eigenvalue weighted by Gasteiger charge is -2.27. The molecule has 7 heteroatoms. The number of carbonyl (C=O) groups excluding carboxylic acids is 2.